The van der Waals surface area contributed by atoms with Crippen molar-refractivity contribution in [2.24, 2.45) is 28.7 Å². The molecule has 4 heteroatoms. The van der Waals surface area contributed by atoms with Gasteiger partial charge < -0.3 is 9.84 Å². The molecule has 1 heterocycles. The maximum Gasteiger partial charge on any atom is 0.115 e. The number of rotatable bonds is 11. The number of unbranched alkanes of at least 4 members (excludes halogenated alkanes) is 1. The monoisotopic (exact) mass is 628 g/mol. The van der Waals surface area contributed by atoms with Crippen LogP contribution in [-0.4, -0.2) is 35.9 Å². The van der Waals surface area contributed by atoms with Gasteiger partial charge in [0.2, 0.25) is 0 Å². The fourth-order valence-electron chi connectivity index (χ4n) is 9.08. The smallest absolute Gasteiger partial charge is 0.115 e. The topological polar surface area (TPSA) is 53.9 Å². The highest BCUT2D eigenvalue weighted by atomic mass is 16.5. The lowest BCUT2D eigenvalue weighted by Gasteiger charge is -2.42. The van der Waals surface area contributed by atoms with Crippen molar-refractivity contribution in [3.63, 3.8) is 0 Å². The molecule has 7 unspecified atom stereocenters. The van der Waals surface area contributed by atoms with E-state index in [1.54, 1.807) is 5.57 Å². The molecule has 0 saturated heterocycles. The van der Waals surface area contributed by atoms with Gasteiger partial charge in [0.1, 0.15) is 12.4 Å². The van der Waals surface area contributed by atoms with E-state index in [-0.39, 0.29) is 35.6 Å². The van der Waals surface area contributed by atoms with Crippen LogP contribution >= 0.6 is 0 Å². The molecule has 2 aromatic carbocycles. The molecule has 0 aromatic heterocycles. The molecule has 1 aliphatic heterocycles. The molecule has 47 heavy (non-hydrogen) atoms. The minimum atomic E-state index is -0.407. The normalized spacial score (nSPS) is 30.0. The van der Waals surface area contributed by atoms with E-state index < -0.39 is 6.10 Å². The number of hydrogen-bond donors (Lipinski definition) is 2. The molecule has 0 fully saturated rings. The van der Waals surface area contributed by atoms with Crippen molar-refractivity contribution in [2.45, 2.75) is 95.5 Å². The Morgan fingerprint density at radius 3 is 2.45 bits per heavy atom. The maximum atomic E-state index is 11.1. The SMILES string of the molecule is CCCCC(CC)COC1CC(C2=CC=CC3C2C2=C(C=CCC2)C3(c2ccccc2)c2ccccc2)=NC(C2C=CCCC2O)N1. The minimum Gasteiger partial charge on any atom is -0.392 e. The predicted octanol–water partition coefficient (Wildman–Crippen LogP) is 9.01. The Labute approximate surface area is 282 Å². The minimum absolute atomic E-state index is 0.0635. The second-order valence-corrected chi connectivity index (χ2v) is 14.2. The van der Waals surface area contributed by atoms with Crippen molar-refractivity contribution in [1.82, 2.24) is 5.32 Å². The fourth-order valence-corrected chi connectivity index (χ4v) is 9.08. The number of aliphatic imine (C=N–C) groups is 1. The van der Waals surface area contributed by atoms with Crippen LogP contribution in [0, 0.1) is 23.7 Å². The molecule has 0 radical (unpaired) electrons. The van der Waals surface area contributed by atoms with Crippen LogP contribution in [0.1, 0.15) is 82.8 Å². The summed E-state index contributed by atoms with van der Waals surface area (Å²) in [6.45, 7) is 5.31. The molecule has 2 aromatic rings. The first-order valence-electron chi connectivity index (χ1n) is 18.3. The highest BCUT2D eigenvalue weighted by Gasteiger charge is 2.56. The maximum absolute atomic E-state index is 11.1. The lowest BCUT2D eigenvalue weighted by Crippen LogP contribution is -2.51. The average Bonchev–Trinajstić information content (AvgIpc) is 3.44. The van der Waals surface area contributed by atoms with E-state index in [1.807, 2.05) is 0 Å². The number of aliphatic hydroxyl groups is 1. The molecule has 0 amide bonds. The number of allylic oxidation sites excluding steroid dienone is 9. The molecule has 4 nitrogen and oxygen atoms in total. The number of fused-ring (bicyclic) bond motifs is 2. The van der Waals surface area contributed by atoms with Crippen LogP contribution in [-0.2, 0) is 10.2 Å². The highest BCUT2D eigenvalue weighted by Crippen LogP contribution is 2.61. The van der Waals surface area contributed by atoms with Gasteiger partial charge in [0.05, 0.1) is 18.1 Å². The molecular formula is C43H52N2O2. The predicted molar refractivity (Wildman–Crippen MR) is 193 cm³/mol. The van der Waals surface area contributed by atoms with E-state index in [4.69, 9.17) is 9.73 Å². The lowest BCUT2D eigenvalue weighted by molar-refractivity contribution is -0.0113. The van der Waals surface area contributed by atoms with Crippen LogP contribution < -0.4 is 5.32 Å². The largest absolute Gasteiger partial charge is 0.392 e. The van der Waals surface area contributed by atoms with E-state index in [0.717, 1.165) is 50.8 Å². The van der Waals surface area contributed by atoms with E-state index in [9.17, 15) is 5.11 Å². The standard InChI is InChI=1S/C43H52N2O2/c1-3-5-17-30(4-2)29-47-40-28-38(44-42(45-40)35-23-13-15-27-39(35)46)34-24-16-26-37-41(34)33-22-12-14-25-36(33)43(37,31-18-8-6-9-19-31)32-20-10-7-11-21-32/h6-11,13-14,16,18-21,23-26,30,35,37,39-42,45-46H,3-5,12,15,17,22,27-29H2,1-2H3. The quantitative estimate of drug-likeness (QED) is 0.244. The zero-order valence-corrected chi connectivity index (χ0v) is 28.2. The van der Waals surface area contributed by atoms with Gasteiger partial charge in [-0.05, 0) is 60.3 Å². The first-order valence-corrected chi connectivity index (χ1v) is 18.3. The molecule has 4 aliphatic carbocycles. The fraction of sp³-hybridized carbons (Fsp3) is 0.465. The Bertz CT molecular complexity index is 1530. The summed E-state index contributed by atoms with van der Waals surface area (Å²) in [6.07, 6.45) is 24.9. The summed E-state index contributed by atoms with van der Waals surface area (Å²) in [5.74, 6) is 0.965. The summed E-state index contributed by atoms with van der Waals surface area (Å²) in [6, 6.07) is 22.4. The van der Waals surface area contributed by atoms with Gasteiger partial charge in [-0.3, -0.25) is 10.3 Å². The van der Waals surface area contributed by atoms with Gasteiger partial charge in [-0.15, -0.1) is 0 Å². The Morgan fingerprint density at radius 2 is 1.74 bits per heavy atom. The Morgan fingerprint density at radius 1 is 0.979 bits per heavy atom. The number of benzene rings is 2. The van der Waals surface area contributed by atoms with Gasteiger partial charge in [0.15, 0.2) is 0 Å². The van der Waals surface area contributed by atoms with Gasteiger partial charge in [-0.25, -0.2) is 0 Å². The van der Waals surface area contributed by atoms with Crippen molar-refractivity contribution in [1.29, 1.82) is 0 Å². The third kappa shape index (κ3) is 6.09. The molecule has 7 rings (SSSR count). The molecule has 246 valence electrons. The van der Waals surface area contributed by atoms with Gasteiger partial charge in [-0.1, -0.05) is 142 Å². The van der Waals surface area contributed by atoms with Crippen LogP contribution in [0.15, 0.2) is 125 Å². The number of hydrogen-bond acceptors (Lipinski definition) is 4. The third-order valence-electron chi connectivity index (χ3n) is 11.5. The summed E-state index contributed by atoms with van der Waals surface area (Å²) >= 11 is 0. The third-order valence-corrected chi connectivity index (χ3v) is 11.5. The van der Waals surface area contributed by atoms with Crippen LogP contribution in [0.3, 0.4) is 0 Å². The van der Waals surface area contributed by atoms with Gasteiger partial charge in [-0.2, -0.15) is 0 Å². The second-order valence-electron chi connectivity index (χ2n) is 14.2. The van der Waals surface area contributed by atoms with E-state index in [0.29, 0.717) is 5.92 Å². The molecule has 0 spiro atoms. The van der Waals surface area contributed by atoms with Crippen LogP contribution in [0.5, 0.6) is 0 Å². The summed E-state index contributed by atoms with van der Waals surface area (Å²) in [5.41, 5.74) is 7.91. The number of ether oxygens (including phenoxy) is 1. The van der Waals surface area contributed by atoms with E-state index in [2.05, 4.69) is 122 Å². The Kier molecular flexibility index (Phi) is 9.91. The summed E-state index contributed by atoms with van der Waals surface area (Å²) < 4.78 is 6.74. The zero-order chi connectivity index (χ0) is 32.2. The Balaban J connectivity index is 1.29. The van der Waals surface area contributed by atoms with Crippen molar-refractivity contribution >= 4 is 5.71 Å². The number of aliphatic hydroxyl groups excluding tert-OH is 1. The van der Waals surface area contributed by atoms with Crippen molar-refractivity contribution in [3.8, 4) is 0 Å². The molecular weight excluding hydrogens is 576 g/mol. The first kappa shape index (κ1) is 32.2. The summed E-state index contributed by atoms with van der Waals surface area (Å²) in [7, 11) is 0. The molecule has 5 aliphatic rings. The van der Waals surface area contributed by atoms with Crippen LogP contribution in [0.25, 0.3) is 0 Å². The van der Waals surface area contributed by atoms with Crippen molar-refractivity contribution < 1.29 is 9.84 Å². The van der Waals surface area contributed by atoms with Gasteiger partial charge >= 0.3 is 0 Å². The van der Waals surface area contributed by atoms with E-state index >= 15 is 0 Å². The van der Waals surface area contributed by atoms with Gasteiger partial charge in [0, 0.05) is 29.9 Å². The molecule has 7 atom stereocenters. The van der Waals surface area contributed by atoms with E-state index in [1.165, 1.54) is 41.5 Å². The Hall–Kier alpha value is -3.31. The molecule has 0 saturated carbocycles. The zero-order valence-electron chi connectivity index (χ0n) is 28.2. The van der Waals surface area contributed by atoms with Crippen molar-refractivity contribution in [3.05, 3.63) is 131 Å². The van der Waals surface area contributed by atoms with Crippen molar-refractivity contribution in [2.75, 3.05) is 6.61 Å². The summed E-state index contributed by atoms with van der Waals surface area (Å²) in [4.78, 5) is 5.49. The molecule has 2 N–H and O–H groups in total. The van der Waals surface area contributed by atoms with Crippen LogP contribution in [0.4, 0.5) is 0 Å². The van der Waals surface area contributed by atoms with Gasteiger partial charge in [0.25, 0.3) is 0 Å². The van der Waals surface area contributed by atoms with Crippen LogP contribution in [0.2, 0.25) is 0 Å². The second kappa shape index (κ2) is 14.4. The molecule has 0 bridgehead atoms. The summed E-state index contributed by atoms with van der Waals surface area (Å²) in [5, 5.41) is 14.9. The number of nitrogens with zero attached hydrogens (tertiary/aromatic N) is 1. The number of nitrogens with one attached hydrogen (secondary N) is 1. The highest BCUT2D eigenvalue weighted by molar-refractivity contribution is 6.03. The average molecular weight is 629 g/mol. The first-order chi connectivity index (χ1) is 23.1. The lowest BCUT2D eigenvalue weighted by atomic mass is 9.61.